The van der Waals surface area contributed by atoms with Crippen LogP contribution in [0.2, 0.25) is 0 Å². The molecule has 0 saturated carbocycles. The van der Waals surface area contributed by atoms with E-state index in [0.29, 0.717) is 0 Å². The van der Waals surface area contributed by atoms with Crippen LogP contribution in [0.5, 0.6) is 0 Å². The van der Waals surface area contributed by atoms with Gasteiger partial charge in [-0.15, -0.1) is 0 Å². The summed E-state index contributed by atoms with van der Waals surface area (Å²) in [6, 6.07) is 8.29. The maximum Gasteiger partial charge on any atom is 0.159 e. The van der Waals surface area contributed by atoms with Crippen LogP contribution in [0.3, 0.4) is 0 Å². The summed E-state index contributed by atoms with van der Waals surface area (Å²) in [7, 11) is 0. The first kappa shape index (κ1) is 17.9. The normalized spacial score (nSPS) is 13.8. The van der Waals surface area contributed by atoms with Crippen molar-refractivity contribution in [3.05, 3.63) is 60.3 Å². The Labute approximate surface area is 144 Å². The molecule has 3 heteroatoms. The molecule has 1 aromatic carbocycles. The molecule has 0 radical (unpaired) electrons. The van der Waals surface area contributed by atoms with Gasteiger partial charge < -0.3 is 9.98 Å². The summed E-state index contributed by atoms with van der Waals surface area (Å²) >= 11 is 0. The van der Waals surface area contributed by atoms with Crippen LogP contribution in [0.15, 0.2) is 54.8 Å². The van der Waals surface area contributed by atoms with Crippen molar-refractivity contribution < 1.29 is 4.79 Å². The number of nitrogens with one attached hydrogen (secondary N) is 1. The highest BCUT2D eigenvalue weighted by molar-refractivity contribution is 5.97. The number of nitrogens with zero attached hydrogens (tertiary/aromatic N) is 1. The fraction of sp³-hybridized carbons (Fsp3) is 0.333. The molecule has 2 aromatic rings. The van der Waals surface area contributed by atoms with Crippen LogP contribution in [0, 0.1) is 10.8 Å². The van der Waals surface area contributed by atoms with Gasteiger partial charge in [-0.3, -0.25) is 4.79 Å². The van der Waals surface area contributed by atoms with E-state index in [2.05, 4.69) is 43.7 Å². The van der Waals surface area contributed by atoms with Crippen molar-refractivity contribution in [2.24, 2.45) is 5.41 Å². The van der Waals surface area contributed by atoms with Gasteiger partial charge in [-0.1, -0.05) is 44.2 Å². The predicted octanol–water partition coefficient (Wildman–Crippen LogP) is 5.58. The summed E-state index contributed by atoms with van der Waals surface area (Å²) in [4.78, 5) is 11.7. The monoisotopic (exact) mass is 322 g/mol. The first-order chi connectivity index (χ1) is 11.4. The Morgan fingerprint density at radius 1 is 1.25 bits per heavy atom. The molecule has 24 heavy (non-hydrogen) atoms. The van der Waals surface area contributed by atoms with Crippen LogP contribution in [0.4, 0.5) is 0 Å². The molecule has 0 amide bonds. The average molecular weight is 322 g/mol. The number of ketones is 1. The molecule has 0 fully saturated rings. The highest BCUT2D eigenvalue weighted by Crippen LogP contribution is 2.37. The second-order valence-electron chi connectivity index (χ2n) is 6.90. The highest BCUT2D eigenvalue weighted by atomic mass is 16.1. The van der Waals surface area contributed by atoms with E-state index in [1.807, 2.05) is 30.4 Å². The van der Waals surface area contributed by atoms with Crippen LogP contribution in [-0.4, -0.2) is 16.6 Å². The van der Waals surface area contributed by atoms with Crippen LogP contribution in [-0.2, 0) is 0 Å². The van der Waals surface area contributed by atoms with Gasteiger partial charge in [0.2, 0.25) is 0 Å². The van der Waals surface area contributed by atoms with E-state index in [9.17, 15) is 4.79 Å². The number of Topliss-reactive ketones (excluding diaryl/α,β-unsaturated/α-hetero) is 1. The lowest BCUT2D eigenvalue weighted by molar-refractivity contribution is 0.101. The van der Waals surface area contributed by atoms with Crippen LogP contribution < -0.4 is 0 Å². The van der Waals surface area contributed by atoms with E-state index >= 15 is 0 Å². The van der Waals surface area contributed by atoms with Gasteiger partial charge in [0.1, 0.15) is 0 Å². The zero-order chi connectivity index (χ0) is 17.7. The molecule has 0 aliphatic carbocycles. The van der Waals surface area contributed by atoms with Gasteiger partial charge in [-0.25, -0.2) is 0 Å². The molecule has 3 nitrogen and oxygen atoms in total. The van der Waals surface area contributed by atoms with Crippen molar-refractivity contribution in [2.75, 3.05) is 0 Å². The Morgan fingerprint density at radius 2 is 2.00 bits per heavy atom. The molecule has 0 aliphatic heterocycles. The second kappa shape index (κ2) is 7.43. The standard InChI is InChI=1S/C21H26N2O/c1-16(24)19-10-9-18-11-14-23(20(18)15-19)17(2)21(3,4)12-7-5-6-8-13-22/h5-11,13-15,17,22H,12H2,1-4H3/b7-5-,8-6-,22-13?. The maximum absolute atomic E-state index is 11.7. The number of rotatable bonds is 7. The van der Waals surface area contributed by atoms with E-state index in [4.69, 9.17) is 5.41 Å². The highest BCUT2D eigenvalue weighted by Gasteiger charge is 2.26. The third-order valence-electron chi connectivity index (χ3n) is 4.78. The topological polar surface area (TPSA) is 45.9 Å². The molecule has 0 bridgehead atoms. The van der Waals surface area contributed by atoms with Gasteiger partial charge in [-0.05, 0) is 49.3 Å². The van der Waals surface area contributed by atoms with Crippen molar-refractivity contribution in [3.8, 4) is 0 Å². The van der Waals surface area contributed by atoms with Crippen molar-refractivity contribution in [2.45, 2.75) is 40.2 Å². The maximum atomic E-state index is 11.7. The summed E-state index contributed by atoms with van der Waals surface area (Å²) in [6.07, 6.45) is 12.0. The Balaban J connectivity index is 2.29. The van der Waals surface area contributed by atoms with E-state index in [1.165, 1.54) is 6.21 Å². The molecule has 1 atom stereocenters. The summed E-state index contributed by atoms with van der Waals surface area (Å²) in [5, 5.41) is 8.13. The van der Waals surface area contributed by atoms with E-state index < -0.39 is 0 Å². The lowest BCUT2D eigenvalue weighted by atomic mass is 9.81. The van der Waals surface area contributed by atoms with Crippen molar-refractivity contribution >= 4 is 22.9 Å². The number of fused-ring (bicyclic) bond motifs is 1. The van der Waals surface area contributed by atoms with E-state index in [0.717, 1.165) is 22.9 Å². The van der Waals surface area contributed by atoms with E-state index in [-0.39, 0.29) is 17.2 Å². The molecule has 0 saturated heterocycles. The molecular weight excluding hydrogens is 296 g/mol. The fourth-order valence-corrected chi connectivity index (χ4v) is 2.82. The lowest BCUT2D eigenvalue weighted by Gasteiger charge is -2.32. The third-order valence-corrected chi connectivity index (χ3v) is 4.78. The minimum absolute atomic E-state index is 0.0627. The molecule has 0 spiro atoms. The summed E-state index contributed by atoms with van der Waals surface area (Å²) in [5.74, 6) is 0.0949. The largest absolute Gasteiger partial charge is 0.344 e. The van der Waals surface area contributed by atoms with Crippen molar-refractivity contribution in [1.82, 2.24) is 4.57 Å². The van der Waals surface area contributed by atoms with Crippen LogP contribution in [0.1, 0.15) is 50.5 Å². The summed E-state index contributed by atoms with van der Waals surface area (Å²) in [6.45, 7) is 8.33. The van der Waals surface area contributed by atoms with Crippen LogP contribution in [0.25, 0.3) is 10.9 Å². The quantitative estimate of drug-likeness (QED) is 0.403. The molecule has 2 rings (SSSR count). The van der Waals surface area contributed by atoms with Gasteiger partial charge in [0.25, 0.3) is 0 Å². The summed E-state index contributed by atoms with van der Waals surface area (Å²) in [5.41, 5.74) is 1.92. The number of allylic oxidation sites excluding steroid dienone is 4. The average Bonchev–Trinajstić information content (AvgIpc) is 2.96. The Hall–Kier alpha value is -2.42. The zero-order valence-corrected chi connectivity index (χ0v) is 14.9. The van der Waals surface area contributed by atoms with Gasteiger partial charge >= 0.3 is 0 Å². The number of hydrogen-bond acceptors (Lipinski definition) is 2. The lowest BCUT2D eigenvalue weighted by Crippen LogP contribution is -2.24. The minimum Gasteiger partial charge on any atom is -0.344 e. The van der Waals surface area contributed by atoms with Gasteiger partial charge in [0.15, 0.2) is 5.78 Å². The summed E-state index contributed by atoms with van der Waals surface area (Å²) < 4.78 is 2.27. The molecule has 1 aromatic heterocycles. The van der Waals surface area contributed by atoms with E-state index in [1.54, 1.807) is 13.0 Å². The van der Waals surface area contributed by atoms with Gasteiger partial charge in [-0.2, -0.15) is 0 Å². The zero-order valence-electron chi connectivity index (χ0n) is 14.9. The number of carbonyl (C=O) groups is 1. The van der Waals surface area contributed by atoms with Gasteiger partial charge in [0, 0.05) is 29.5 Å². The molecule has 0 aliphatic rings. The molecule has 1 unspecified atom stereocenters. The Bertz CT molecular complexity index is 793. The number of benzene rings is 1. The first-order valence-corrected chi connectivity index (χ1v) is 8.30. The first-order valence-electron chi connectivity index (χ1n) is 8.30. The number of hydrogen-bond donors (Lipinski definition) is 1. The molecule has 1 N–H and O–H groups in total. The second-order valence-corrected chi connectivity index (χ2v) is 6.90. The van der Waals surface area contributed by atoms with Crippen LogP contribution >= 0.6 is 0 Å². The van der Waals surface area contributed by atoms with Crippen molar-refractivity contribution in [3.63, 3.8) is 0 Å². The SMILES string of the molecule is CC(=O)c1ccc2ccn(C(C)C(C)(C)C/C=C\C=C/C=N)c2c1. The number of aromatic nitrogens is 1. The molecule has 1 heterocycles. The smallest absolute Gasteiger partial charge is 0.159 e. The Morgan fingerprint density at radius 3 is 2.67 bits per heavy atom. The Kier molecular flexibility index (Phi) is 5.55. The predicted molar refractivity (Wildman–Crippen MR) is 102 cm³/mol. The molecule has 126 valence electrons. The number of carbonyl (C=O) groups excluding carboxylic acids is 1. The minimum atomic E-state index is 0.0627. The third kappa shape index (κ3) is 3.91. The van der Waals surface area contributed by atoms with Crippen molar-refractivity contribution in [1.29, 1.82) is 5.41 Å². The van der Waals surface area contributed by atoms with Gasteiger partial charge in [0.05, 0.1) is 0 Å². The molecular formula is C21H26N2O. The fourth-order valence-electron chi connectivity index (χ4n) is 2.82.